The molecule has 1 aliphatic heterocycles. The van der Waals surface area contributed by atoms with Gasteiger partial charge in [-0.25, -0.2) is 0 Å². The standard InChI is InChI=1S/C23H29Cl2N3O/c1-17(2)15-27-9-4-10-28(12-11-27)16-18-5-3-6-20(13-18)26-23(29)19-7-8-21(24)22(25)14-19/h3,5-8,13-14,17H,4,9-12,15-16H2,1-2H3,(H,26,29). The van der Waals surface area contributed by atoms with E-state index in [-0.39, 0.29) is 5.91 Å². The van der Waals surface area contributed by atoms with Gasteiger partial charge in [-0.15, -0.1) is 0 Å². The topological polar surface area (TPSA) is 35.6 Å². The fourth-order valence-corrected chi connectivity index (χ4v) is 4.03. The zero-order valence-electron chi connectivity index (χ0n) is 17.1. The zero-order valence-corrected chi connectivity index (χ0v) is 18.6. The van der Waals surface area contributed by atoms with Gasteiger partial charge in [0.05, 0.1) is 10.0 Å². The van der Waals surface area contributed by atoms with Gasteiger partial charge >= 0.3 is 0 Å². The Morgan fingerprint density at radius 2 is 1.76 bits per heavy atom. The van der Waals surface area contributed by atoms with Crippen LogP contribution in [0, 0.1) is 5.92 Å². The Morgan fingerprint density at radius 3 is 2.52 bits per heavy atom. The second-order valence-corrected chi connectivity index (χ2v) is 8.92. The van der Waals surface area contributed by atoms with E-state index >= 15 is 0 Å². The van der Waals surface area contributed by atoms with E-state index < -0.39 is 0 Å². The van der Waals surface area contributed by atoms with Crippen molar-refractivity contribution in [3.05, 3.63) is 63.6 Å². The molecule has 0 aliphatic carbocycles. The molecule has 2 aromatic rings. The summed E-state index contributed by atoms with van der Waals surface area (Å²) in [6.45, 7) is 11.1. The molecule has 1 saturated heterocycles. The van der Waals surface area contributed by atoms with Gasteiger partial charge in [0.15, 0.2) is 0 Å². The highest BCUT2D eigenvalue weighted by molar-refractivity contribution is 6.42. The number of hydrogen-bond acceptors (Lipinski definition) is 3. The summed E-state index contributed by atoms with van der Waals surface area (Å²) in [6.07, 6.45) is 1.19. The number of halogens is 2. The van der Waals surface area contributed by atoms with Crippen LogP contribution >= 0.6 is 23.2 Å². The van der Waals surface area contributed by atoms with Crippen LogP contribution in [0.4, 0.5) is 5.69 Å². The summed E-state index contributed by atoms with van der Waals surface area (Å²) in [7, 11) is 0. The van der Waals surface area contributed by atoms with E-state index in [1.54, 1.807) is 18.2 Å². The second-order valence-electron chi connectivity index (χ2n) is 8.11. The van der Waals surface area contributed by atoms with Gasteiger partial charge < -0.3 is 10.2 Å². The molecule has 0 aromatic heterocycles. The molecule has 1 aliphatic rings. The number of anilines is 1. The molecule has 0 radical (unpaired) electrons. The molecule has 29 heavy (non-hydrogen) atoms. The third kappa shape index (κ3) is 6.71. The Hall–Kier alpha value is -1.59. The van der Waals surface area contributed by atoms with Crippen molar-refractivity contribution in [1.29, 1.82) is 0 Å². The number of carbonyl (C=O) groups is 1. The van der Waals surface area contributed by atoms with Crippen molar-refractivity contribution in [2.24, 2.45) is 5.92 Å². The summed E-state index contributed by atoms with van der Waals surface area (Å²) in [6, 6.07) is 13.0. The van der Waals surface area contributed by atoms with Gasteiger partial charge in [-0.1, -0.05) is 49.2 Å². The van der Waals surface area contributed by atoms with E-state index in [0.29, 0.717) is 21.5 Å². The Morgan fingerprint density at radius 1 is 1.00 bits per heavy atom. The maximum atomic E-state index is 12.5. The minimum atomic E-state index is -0.195. The molecule has 1 fully saturated rings. The maximum absolute atomic E-state index is 12.5. The van der Waals surface area contributed by atoms with Crippen LogP contribution in [0.2, 0.25) is 10.0 Å². The van der Waals surface area contributed by atoms with Gasteiger partial charge in [0, 0.05) is 37.4 Å². The van der Waals surface area contributed by atoms with Crippen molar-refractivity contribution < 1.29 is 4.79 Å². The predicted octanol–water partition coefficient (Wildman–Crippen LogP) is 5.41. The van der Waals surface area contributed by atoms with Crippen molar-refractivity contribution in [1.82, 2.24) is 9.80 Å². The van der Waals surface area contributed by atoms with Crippen LogP contribution < -0.4 is 5.32 Å². The molecule has 0 atom stereocenters. The zero-order chi connectivity index (χ0) is 20.8. The summed E-state index contributed by atoms with van der Waals surface area (Å²) in [4.78, 5) is 17.6. The van der Waals surface area contributed by atoms with Crippen LogP contribution in [0.25, 0.3) is 0 Å². The first-order chi connectivity index (χ1) is 13.9. The Kier molecular flexibility index (Phi) is 7.96. The first-order valence-corrected chi connectivity index (χ1v) is 11.0. The van der Waals surface area contributed by atoms with E-state index in [2.05, 4.69) is 35.0 Å². The Balaban J connectivity index is 1.59. The first kappa shape index (κ1) is 22.1. The number of nitrogens with one attached hydrogen (secondary N) is 1. The molecular weight excluding hydrogens is 405 g/mol. The molecule has 4 nitrogen and oxygen atoms in total. The van der Waals surface area contributed by atoms with Crippen LogP contribution in [0.15, 0.2) is 42.5 Å². The first-order valence-electron chi connectivity index (χ1n) is 10.2. The summed E-state index contributed by atoms with van der Waals surface area (Å²) < 4.78 is 0. The highest BCUT2D eigenvalue weighted by Gasteiger charge is 2.16. The van der Waals surface area contributed by atoms with Gasteiger partial charge in [-0.2, -0.15) is 0 Å². The van der Waals surface area contributed by atoms with Crippen LogP contribution in [0.3, 0.4) is 0 Å². The second kappa shape index (κ2) is 10.4. The molecule has 6 heteroatoms. The molecule has 1 N–H and O–H groups in total. The molecule has 0 spiro atoms. The van der Waals surface area contributed by atoms with Crippen LogP contribution in [0.1, 0.15) is 36.2 Å². The largest absolute Gasteiger partial charge is 0.322 e. The smallest absolute Gasteiger partial charge is 0.255 e. The molecule has 1 heterocycles. The lowest BCUT2D eigenvalue weighted by Crippen LogP contribution is -2.32. The van der Waals surface area contributed by atoms with Crippen molar-refractivity contribution in [3.63, 3.8) is 0 Å². The minimum Gasteiger partial charge on any atom is -0.322 e. The number of hydrogen-bond donors (Lipinski definition) is 1. The Labute approximate surface area is 183 Å². The van der Waals surface area contributed by atoms with E-state index in [0.717, 1.165) is 31.9 Å². The number of rotatable bonds is 6. The quantitative estimate of drug-likeness (QED) is 0.661. The van der Waals surface area contributed by atoms with Crippen LogP contribution in [-0.4, -0.2) is 48.4 Å². The molecule has 3 rings (SSSR count). The average Bonchev–Trinajstić information content (AvgIpc) is 2.89. The van der Waals surface area contributed by atoms with Crippen LogP contribution in [-0.2, 0) is 6.54 Å². The minimum absolute atomic E-state index is 0.195. The molecule has 156 valence electrons. The van der Waals surface area contributed by atoms with Crippen molar-refractivity contribution >= 4 is 34.8 Å². The van der Waals surface area contributed by atoms with E-state index in [4.69, 9.17) is 23.2 Å². The number of benzene rings is 2. The van der Waals surface area contributed by atoms with E-state index in [1.165, 1.54) is 25.1 Å². The number of nitrogens with zero attached hydrogens (tertiary/aromatic N) is 2. The predicted molar refractivity (Wildman–Crippen MR) is 122 cm³/mol. The van der Waals surface area contributed by atoms with Crippen LogP contribution in [0.5, 0.6) is 0 Å². The lowest BCUT2D eigenvalue weighted by atomic mass is 10.1. The monoisotopic (exact) mass is 433 g/mol. The van der Waals surface area contributed by atoms with Crippen molar-refractivity contribution in [3.8, 4) is 0 Å². The van der Waals surface area contributed by atoms with E-state index in [9.17, 15) is 4.79 Å². The molecule has 0 unspecified atom stereocenters. The third-order valence-corrected chi connectivity index (χ3v) is 5.82. The lowest BCUT2D eigenvalue weighted by molar-refractivity contribution is 0.102. The average molecular weight is 434 g/mol. The molecular formula is C23H29Cl2N3O. The van der Waals surface area contributed by atoms with Gasteiger partial charge in [-0.3, -0.25) is 9.69 Å². The highest BCUT2D eigenvalue weighted by Crippen LogP contribution is 2.23. The fraction of sp³-hybridized carbons (Fsp3) is 0.435. The maximum Gasteiger partial charge on any atom is 0.255 e. The summed E-state index contributed by atoms with van der Waals surface area (Å²) in [5, 5.41) is 3.77. The SMILES string of the molecule is CC(C)CN1CCCN(Cc2cccc(NC(=O)c3ccc(Cl)c(Cl)c3)c2)CC1. The summed E-state index contributed by atoms with van der Waals surface area (Å²) in [5.41, 5.74) is 2.48. The van der Waals surface area contributed by atoms with Gasteiger partial charge in [0.25, 0.3) is 5.91 Å². The lowest BCUT2D eigenvalue weighted by Gasteiger charge is -2.23. The van der Waals surface area contributed by atoms with Crippen molar-refractivity contribution in [2.75, 3.05) is 38.0 Å². The third-order valence-electron chi connectivity index (χ3n) is 5.08. The van der Waals surface area contributed by atoms with Crippen molar-refractivity contribution in [2.45, 2.75) is 26.8 Å². The molecule has 0 saturated carbocycles. The molecule has 0 bridgehead atoms. The molecule has 2 aromatic carbocycles. The van der Waals surface area contributed by atoms with Gasteiger partial charge in [-0.05, 0) is 61.3 Å². The normalized spacial score (nSPS) is 16.0. The fourth-order valence-electron chi connectivity index (χ4n) is 3.73. The van der Waals surface area contributed by atoms with Gasteiger partial charge in [0.2, 0.25) is 0 Å². The van der Waals surface area contributed by atoms with E-state index in [1.807, 2.05) is 18.2 Å². The van der Waals surface area contributed by atoms with Gasteiger partial charge in [0.1, 0.15) is 0 Å². The summed E-state index contributed by atoms with van der Waals surface area (Å²) in [5.74, 6) is 0.511. The Bertz CT molecular complexity index is 841. The number of amides is 1. The number of carbonyl (C=O) groups excluding carboxylic acids is 1. The summed E-state index contributed by atoms with van der Waals surface area (Å²) >= 11 is 12.0. The highest BCUT2D eigenvalue weighted by atomic mass is 35.5. The molecule has 1 amide bonds.